The molecule has 0 spiro atoms. The van der Waals surface area contributed by atoms with Crippen LogP contribution in [0.15, 0.2) is 36.4 Å². The number of ether oxygens (including phenoxy) is 2. The van der Waals surface area contributed by atoms with Gasteiger partial charge in [0.15, 0.2) is 11.6 Å². The Labute approximate surface area is 176 Å². The Morgan fingerprint density at radius 3 is 2.23 bits per heavy atom. The number of nitrogens with zero attached hydrogens (tertiary/aromatic N) is 5. The lowest BCUT2D eigenvalue weighted by molar-refractivity contribution is 0.122. The summed E-state index contributed by atoms with van der Waals surface area (Å²) in [6.07, 6.45) is 0. The molecule has 0 aliphatic carbocycles. The SMILES string of the molecule is CCOc1ccccc1NC(=O)N1CCN(c2ccc(N3CCOCC3)nn2)CC1. The van der Waals surface area contributed by atoms with Crippen molar-refractivity contribution in [3.8, 4) is 5.75 Å². The van der Waals surface area contributed by atoms with Crippen molar-refractivity contribution in [1.82, 2.24) is 15.1 Å². The van der Waals surface area contributed by atoms with Gasteiger partial charge < -0.3 is 29.5 Å². The standard InChI is InChI=1S/C21H28N6O3/c1-2-30-18-6-4-3-5-17(18)22-21(28)27-11-9-25(10-12-27)19-7-8-20(24-23-19)26-13-15-29-16-14-26/h3-8H,2,9-16H2,1H3,(H,22,28). The summed E-state index contributed by atoms with van der Waals surface area (Å²) in [6, 6.07) is 11.4. The number of carbonyl (C=O) groups excluding carboxylic acids is 1. The Bertz CT molecular complexity index is 833. The third kappa shape index (κ3) is 4.73. The van der Waals surface area contributed by atoms with E-state index in [1.165, 1.54) is 0 Å². The number of hydrogen-bond donors (Lipinski definition) is 1. The Morgan fingerprint density at radius 2 is 1.60 bits per heavy atom. The summed E-state index contributed by atoms with van der Waals surface area (Å²) >= 11 is 0. The summed E-state index contributed by atoms with van der Waals surface area (Å²) in [6.45, 7) is 8.28. The van der Waals surface area contributed by atoms with Gasteiger partial charge in [0.2, 0.25) is 0 Å². The molecule has 160 valence electrons. The van der Waals surface area contributed by atoms with Gasteiger partial charge in [-0.15, -0.1) is 10.2 Å². The number of nitrogens with one attached hydrogen (secondary N) is 1. The minimum atomic E-state index is -0.115. The van der Waals surface area contributed by atoms with Crippen molar-refractivity contribution in [2.24, 2.45) is 0 Å². The van der Waals surface area contributed by atoms with Crippen molar-refractivity contribution in [2.75, 3.05) is 74.2 Å². The highest BCUT2D eigenvalue weighted by molar-refractivity contribution is 5.91. The van der Waals surface area contributed by atoms with Crippen molar-refractivity contribution >= 4 is 23.4 Å². The van der Waals surface area contributed by atoms with Gasteiger partial charge in [0.25, 0.3) is 0 Å². The first kappa shape index (κ1) is 20.2. The molecule has 9 nitrogen and oxygen atoms in total. The highest BCUT2D eigenvalue weighted by Crippen LogP contribution is 2.24. The molecule has 2 aromatic rings. The first-order chi connectivity index (χ1) is 14.7. The topological polar surface area (TPSA) is 83.1 Å². The van der Waals surface area contributed by atoms with Crippen LogP contribution < -0.4 is 19.9 Å². The number of amides is 2. The minimum absolute atomic E-state index is 0.115. The molecule has 0 saturated carbocycles. The van der Waals surface area contributed by atoms with Crippen molar-refractivity contribution in [2.45, 2.75) is 6.92 Å². The molecule has 2 aliphatic heterocycles. The van der Waals surface area contributed by atoms with E-state index < -0.39 is 0 Å². The molecule has 0 bridgehead atoms. The van der Waals surface area contributed by atoms with Crippen molar-refractivity contribution in [3.63, 3.8) is 0 Å². The van der Waals surface area contributed by atoms with Crippen molar-refractivity contribution in [1.29, 1.82) is 0 Å². The van der Waals surface area contributed by atoms with E-state index in [1.54, 1.807) is 0 Å². The molecule has 2 amide bonds. The van der Waals surface area contributed by atoms with Gasteiger partial charge in [-0.2, -0.15) is 0 Å². The quantitative estimate of drug-likeness (QED) is 0.805. The van der Waals surface area contributed by atoms with Crippen LogP contribution in [-0.2, 0) is 4.74 Å². The van der Waals surface area contributed by atoms with Crippen LogP contribution in [0, 0.1) is 0 Å². The van der Waals surface area contributed by atoms with Gasteiger partial charge >= 0.3 is 6.03 Å². The summed E-state index contributed by atoms with van der Waals surface area (Å²) < 4.78 is 11.0. The van der Waals surface area contributed by atoms with E-state index in [1.807, 2.05) is 48.2 Å². The molecule has 1 N–H and O–H groups in total. The fourth-order valence-electron chi connectivity index (χ4n) is 3.63. The first-order valence-corrected chi connectivity index (χ1v) is 10.4. The molecule has 2 saturated heterocycles. The largest absolute Gasteiger partial charge is 0.492 e. The van der Waals surface area contributed by atoms with Gasteiger partial charge in [-0.3, -0.25) is 0 Å². The van der Waals surface area contributed by atoms with Gasteiger partial charge in [0.05, 0.1) is 25.5 Å². The number of anilines is 3. The molecule has 1 aromatic carbocycles. The molecule has 9 heteroatoms. The van der Waals surface area contributed by atoms with Crippen LogP contribution in [0.4, 0.5) is 22.1 Å². The van der Waals surface area contributed by atoms with E-state index >= 15 is 0 Å². The molecule has 0 radical (unpaired) electrons. The molecule has 4 rings (SSSR count). The van der Waals surface area contributed by atoms with Gasteiger partial charge in [-0.25, -0.2) is 4.79 Å². The van der Waals surface area contributed by atoms with E-state index in [4.69, 9.17) is 9.47 Å². The Hall–Kier alpha value is -3.07. The minimum Gasteiger partial charge on any atom is -0.492 e. The molecular weight excluding hydrogens is 384 g/mol. The monoisotopic (exact) mass is 412 g/mol. The number of morpholine rings is 1. The number of urea groups is 1. The average molecular weight is 412 g/mol. The molecule has 2 fully saturated rings. The number of hydrogen-bond acceptors (Lipinski definition) is 7. The maximum atomic E-state index is 12.7. The maximum absolute atomic E-state index is 12.7. The van der Waals surface area contributed by atoms with E-state index in [2.05, 4.69) is 25.3 Å². The van der Waals surface area contributed by atoms with E-state index in [0.717, 1.165) is 37.9 Å². The van der Waals surface area contributed by atoms with Crippen LogP contribution in [0.5, 0.6) is 5.75 Å². The Kier molecular flexibility index (Phi) is 6.48. The zero-order valence-electron chi connectivity index (χ0n) is 17.3. The normalized spacial score (nSPS) is 17.0. The number of piperazine rings is 1. The van der Waals surface area contributed by atoms with Crippen LogP contribution in [-0.4, -0.2) is 80.2 Å². The lowest BCUT2D eigenvalue weighted by atomic mass is 10.3. The predicted octanol–water partition coefficient (Wildman–Crippen LogP) is 2.07. The van der Waals surface area contributed by atoms with Gasteiger partial charge in [0, 0.05) is 39.3 Å². The van der Waals surface area contributed by atoms with Crippen LogP contribution in [0.2, 0.25) is 0 Å². The Balaban J connectivity index is 1.31. The third-order valence-electron chi connectivity index (χ3n) is 5.29. The fourth-order valence-corrected chi connectivity index (χ4v) is 3.63. The van der Waals surface area contributed by atoms with Crippen molar-refractivity contribution < 1.29 is 14.3 Å². The molecule has 30 heavy (non-hydrogen) atoms. The lowest BCUT2D eigenvalue weighted by Gasteiger charge is -2.35. The predicted molar refractivity (Wildman–Crippen MR) is 115 cm³/mol. The summed E-state index contributed by atoms with van der Waals surface area (Å²) in [5.41, 5.74) is 0.691. The van der Waals surface area contributed by atoms with E-state index in [0.29, 0.717) is 44.2 Å². The number of para-hydroxylation sites is 2. The number of rotatable bonds is 5. The second-order valence-electron chi connectivity index (χ2n) is 7.18. The first-order valence-electron chi connectivity index (χ1n) is 10.4. The summed E-state index contributed by atoms with van der Waals surface area (Å²) in [5.74, 6) is 2.41. The number of aromatic nitrogens is 2. The van der Waals surface area contributed by atoms with E-state index in [-0.39, 0.29) is 6.03 Å². The smallest absolute Gasteiger partial charge is 0.322 e. The highest BCUT2D eigenvalue weighted by Gasteiger charge is 2.23. The van der Waals surface area contributed by atoms with Gasteiger partial charge in [-0.05, 0) is 31.2 Å². The molecule has 3 heterocycles. The fraction of sp³-hybridized carbons (Fsp3) is 0.476. The van der Waals surface area contributed by atoms with Gasteiger partial charge in [0.1, 0.15) is 5.75 Å². The molecule has 2 aliphatic rings. The molecule has 0 atom stereocenters. The third-order valence-corrected chi connectivity index (χ3v) is 5.29. The summed E-state index contributed by atoms with van der Waals surface area (Å²) in [4.78, 5) is 18.8. The Morgan fingerprint density at radius 1 is 0.967 bits per heavy atom. The van der Waals surface area contributed by atoms with Gasteiger partial charge in [-0.1, -0.05) is 12.1 Å². The van der Waals surface area contributed by atoms with Crippen molar-refractivity contribution in [3.05, 3.63) is 36.4 Å². The lowest BCUT2D eigenvalue weighted by Crippen LogP contribution is -2.50. The average Bonchev–Trinajstić information content (AvgIpc) is 2.81. The maximum Gasteiger partial charge on any atom is 0.322 e. The van der Waals surface area contributed by atoms with Crippen LogP contribution in [0.1, 0.15) is 6.92 Å². The zero-order valence-corrected chi connectivity index (χ0v) is 17.3. The van der Waals surface area contributed by atoms with Crippen LogP contribution >= 0.6 is 0 Å². The van der Waals surface area contributed by atoms with Crippen LogP contribution in [0.25, 0.3) is 0 Å². The number of benzene rings is 1. The second-order valence-corrected chi connectivity index (χ2v) is 7.18. The zero-order chi connectivity index (χ0) is 20.8. The molecule has 1 aromatic heterocycles. The highest BCUT2D eigenvalue weighted by atomic mass is 16.5. The van der Waals surface area contributed by atoms with E-state index in [9.17, 15) is 4.79 Å². The second kappa shape index (κ2) is 9.62. The van der Waals surface area contributed by atoms with Crippen LogP contribution in [0.3, 0.4) is 0 Å². The molecule has 0 unspecified atom stereocenters. The summed E-state index contributed by atoms with van der Waals surface area (Å²) in [5, 5.41) is 11.8. The summed E-state index contributed by atoms with van der Waals surface area (Å²) in [7, 11) is 0. The molecular formula is C21H28N6O3. The number of carbonyl (C=O) groups is 1.